The molecule has 24 heavy (non-hydrogen) atoms. The van der Waals surface area contributed by atoms with Gasteiger partial charge in [-0.3, -0.25) is 0 Å². The molecule has 0 saturated heterocycles. The van der Waals surface area contributed by atoms with Gasteiger partial charge in [0, 0.05) is 5.56 Å². The fourth-order valence-electron chi connectivity index (χ4n) is 1.88. The number of thiocarbonyl (C=S) groups is 1. The Morgan fingerprint density at radius 1 is 1.00 bits per heavy atom. The second-order valence-electron chi connectivity index (χ2n) is 4.69. The number of isothiocyanates is 1. The summed E-state index contributed by atoms with van der Waals surface area (Å²) in [5.41, 5.74) is 1.67. The molecule has 0 unspecified atom stereocenters. The van der Waals surface area contributed by atoms with Gasteiger partial charge < -0.3 is 0 Å². The molecule has 116 valence electrons. The Labute approximate surface area is 144 Å². The van der Waals surface area contributed by atoms with E-state index in [1.165, 1.54) is 0 Å². The summed E-state index contributed by atoms with van der Waals surface area (Å²) in [7, 11) is 0. The number of hydrogen-bond acceptors (Lipinski definition) is 2. The first kappa shape index (κ1) is 17.3. The predicted molar refractivity (Wildman–Crippen MR) is 94.6 cm³/mol. The lowest BCUT2D eigenvalue weighted by molar-refractivity contribution is 0.594. The van der Waals surface area contributed by atoms with Crippen molar-refractivity contribution in [2.75, 3.05) is 0 Å². The van der Waals surface area contributed by atoms with Gasteiger partial charge in [0.25, 0.3) is 0 Å². The topological polar surface area (TPSA) is 12.4 Å². The molecule has 0 saturated carbocycles. The minimum atomic E-state index is -0.672. The number of rotatable bonds is 2. The molecular formula is C20H11F2NS. The quantitative estimate of drug-likeness (QED) is 0.341. The Bertz CT molecular complexity index is 932. The fourth-order valence-corrected chi connectivity index (χ4v) is 1.93. The van der Waals surface area contributed by atoms with Crippen molar-refractivity contribution in [3.8, 4) is 23.8 Å². The van der Waals surface area contributed by atoms with Crippen LogP contribution in [0.25, 0.3) is 0 Å². The number of aliphatic imine (C=N–C) groups is 1. The van der Waals surface area contributed by atoms with E-state index in [-0.39, 0.29) is 11.1 Å². The van der Waals surface area contributed by atoms with E-state index in [0.29, 0.717) is 5.56 Å². The Hall–Kier alpha value is -3.04. The Morgan fingerprint density at radius 3 is 2.21 bits per heavy atom. The molecule has 0 fully saturated rings. The first-order valence-corrected chi connectivity index (χ1v) is 7.33. The lowest BCUT2D eigenvalue weighted by Gasteiger charge is -1.99. The summed E-state index contributed by atoms with van der Waals surface area (Å²) in [5.74, 6) is 6.47. The van der Waals surface area contributed by atoms with Gasteiger partial charge in [-0.15, -0.1) is 11.6 Å². The van der Waals surface area contributed by atoms with Gasteiger partial charge in [-0.2, -0.15) is 0 Å². The van der Waals surface area contributed by atoms with Gasteiger partial charge in [-0.25, -0.2) is 8.78 Å². The molecule has 0 spiro atoms. The minimum Gasteiger partial charge on any atom is -0.206 e. The van der Waals surface area contributed by atoms with Crippen LogP contribution in [0, 0.1) is 35.4 Å². The van der Waals surface area contributed by atoms with Gasteiger partial charge in [0.2, 0.25) is 0 Å². The van der Waals surface area contributed by atoms with Gasteiger partial charge in [-0.05, 0) is 54.4 Å². The van der Waals surface area contributed by atoms with E-state index in [1.54, 1.807) is 6.08 Å². The van der Waals surface area contributed by atoms with Crippen molar-refractivity contribution in [1.82, 2.24) is 0 Å². The van der Waals surface area contributed by atoms with Crippen LogP contribution in [0.1, 0.15) is 22.3 Å². The summed E-state index contributed by atoms with van der Waals surface area (Å²) >= 11 is 4.34. The van der Waals surface area contributed by atoms with Crippen LogP contribution in [-0.4, -0.2) is 5.16 Å². The summed E-state index contributed by atoms with van der Waals surface area (Å²) in [6.45, 7) is 3.67. The number of nitrogens with zero attached hydrogens (tertiary/aromatic N) is 1. The first-order chi connectivity index (χ1) is 11.6. The van der Waals surface area contributed by atoms with E-state index in [1.807, 2.05) is 29.4 Å². The SMILES string of the molecule is C=CCc1ccc(C#Cc2cc(F)c(C#CN=C=S)cc2F)cc1. The molecule has 0 heterocycles. The number of benzene rings is 2. The van der Waals surface area contributed by atoms with Gasteiger partial charge in [0.05, 0.1) is 22.3 Å². The van der Waals surface area contributed by atoms with E-state index in [2.05, 4.69) is 47.6 Å². The number of hydrogen-bond donors (Lipinski definition) is 0. The Balaban J connectivity index is 2.28. The smallest absolute Gasteiger partial charge is 0.140 e. The highest BCUT2D eigenvalue weighted by Gasteiger charge is 2.07. The number of halogens is 2. The zero-order chi connectivity index (χ0) is 17.4. The van der Waals surface area contributed by atoms with Crippen molar-refractivity contribution in [3.05, 3.63) is 82.9 Å². The monoisotopic (exact) mass is 335 g/mol. The average Bonchev–Trinajstić information content (AvgIpc) is 2.58. The normalized spacial score (nSPS) is 8.92. The zero-order valence-corrected chi connectivity index (χ0v) is 13.4. The first-order valence-electron chi connectivity index (χ1n) is 6.93. The third kappa shape index (κ3) is 4.73. The van der Waals surface area contributed by atoms with E-state index in [0.717, 1.165) is 24.1 Å². The van der Waals surface area contributed by atoms with Crippen LogP contribution in [0.2, 0.25) is 0 Å². The molecule has 0 aliphatic carbocycles. The van der Waals surface area contributed by atoms with Crippen molar-refractivity contribution in [2.45, 2.75) is 6.42 Å². The zero-order valence-electron chi connectivity index (χ0n) is 12.6. The highest BCUT2D eigenvalue weighted by Crippen LogP contribution is 2.14. The molecule has 2 aromatic carbocycles. The highest BCUT2D eigenvalue weighted by molar-refractivity contribution is 7.78. The lowest BCUT2D eigenvalue weighted by Crippen LogP contribution is -1.91. The van der Waals surface area contributed by atoms with Crippen molar-refractivity contribution >= 4 is 17.4 Å². The molecule has 0 aliphatic rings. The maximum Gasteiger partial charge on any atom is 0.140 e. The van der Waals surface area contributed by atoms with Gasteiger partial charge in [0.15, 0.2) is 0 Å². The molecule has 0 aliphatic heterocycles. The summed E-state index contributed by atoms with van der Waals surface area (Å²) in [5, 5.41) is 2.02. The third-order valence-electron chi connectivity index (χ3n) is 3.02. The Kier molecular flexibility index (Phi) is 6.17. The molecule has 0 amide bonds. The molecule has 4 heteroatoms. The molecule has 2 rings (SSSR count). The summed E-state index contributed by atoms with van der Waals surface area (Å²) in [6.07, 6.45) is 2.57. The van der Waals surface area contributed by atoms with Crippen LogP contribution in [-0.2, 0) is 6.42 Å². The molecule has 1 nitrogen and oxygen atoms in total. The van der Waals surface area contributed by atoms with Crippen LogP contribution in [0.5, 0.6) is 0 Å². The third-order valence-corrected chi connectivity index (χ3v) is 3.12. The summed E-state index contributed by atoms with van der Waals surface area (Å²) in [4.78, 5) is 3.34. The largest absolute Gasteiger partial charge is 0.206 e. The van der Waals surface area contributed by atoms with Crippen molar-refractivity contribution in [1.29, 1.82) is 0 Å². The van der Waals surface area contributed by atoms with Gasteiger partial charge >= 0.3 is 0 Å². The minimum absolute atomic E-state index is 0.0356. The molecule has 0 aromatic heterocycles. The van der Waals surface area contributed by atoms with E-state index >= 15 is 0 Å². The van der Waals surface area contributed by atoms with Crippen molar-refractivity contribution in [2.24, 2.45) is 4.99 Å². The maximum absolute atomic E-state index is 14.0. The Morgan fingerprint density at radius 2 is 1.62 bits per heavy atom. The maximum atomic E-state index is 14.0. The van der Waals surface area contributed by atoms with Crippen LogP contribution in [0.4, 0.5) is 8.78 Å². The van der Waals surface area contributed by atoms with E-state index in [9.17, 15) is 8.78 Å². The molecule has 0 atom stereocenters. The fraction of sp³-hybridized carbons (Fsp3) is 0.0500. The molecule has 0 radical (unpaired) electrons. The second kappa shape index (κ2) is 8.56. The number of allylic oxidation sites excluding steroid dienone is 1. The van der Waals surface area contributed by atoms with Crippen LogP contribution >= 0.6 is 12.2 Å². The van der Waals surface area contributed by atoms with E-state index < -0.39 is 11.6 Å². The highest BCUT2D eigenvalue weighted by atomic mass is 32.1. The molecule has 2 aromatic rings. The van der Waals surface area contributed by atoms with E-state index in [4.69, 9.17) is 0 Å². The summed E-state index contributed by atoms with van der Waals surface area (Å²) < 4.78 is 27.9. The van der Waals surface area contributed by atoms with Crippen LogP contribution in [0.3, 0.4) is 0 Å². The standard InChI is InChI=1S/C20H11F2NS/c1-2-3-15-4-6-16(7-5-15)8-9-17-12-20(22)18(13-19(17)21)10-11-23-14-24/h2,4-7,12-13H,1,3H2. The van der Waals surface area contributed by atoms with Crippen LogP contribution < -0.4 is 0 Å². The lowest BCUT2D eigenvalue weighted by atomic mass is 10.1. The summed E-state index contributed by atoms with van der Waals surface area (Å²) in [6, 6.07) is 11.7. The molecular weight excluding hydrogens is 324 g/mol. The van der Waals surface area contributed by atoms with Crippen LogP contribution in [0.15, 0.2) is 54.0 Å². The van der Waals surface area contributed by atoms with Crippen molar-refractivity contribution in [3.63, 3.8) is 0 Å². The van der Waals surface area contributed by atoms with Crippen molar-refractivity contribution < 1.29 is 8.78 Å². The molecule has 0 N–H and O–H groups in total. The van der Waals surface area contributed by atoms with Gasteiger partial charge in [-0.1, -0.05) is 30.0 Å². The predicted octanol–water partition coefficient (Wildman–Crippen LogP) is 4.50. The second-order valence-corrected chi connectivity index (χ2v) is 4.87. The molecule has 0 bridgehead atoms. The average molecular weight is 335 g/mol. The van der Waals surface area contributed by atoms with Gasteiger partial charge in [0.1, 0.15) is 11.6 Å².